The van der Waals surface area contributed by atoms with Crippen molar-refractivity contribution in [3.63, 3.8) is 0 Å². The van der Waals surface area contributed by atoms with E-state index in [1.165, 1.54) is 13.8 Å². The Morgan fingerprint density at radius 2 is 1.64 bits per heavy atom. The Balaban J connectivity index is 2.45. The number of halogens is 4. The number of ether oxygens (including phenoxy) is 2. The van der Waals surface area contributed by atoms with Crippen LogP contribution >= 0.6 is 0 Å². The van der Waals surface area contributed by atoms with Crippen molar-refractivity contribution < 1.29 is 36.6 Å². The topological polar surface area (TPSA) is 52.6 Å². The Morgan fingerprint density at radius 3 is 2.14 bits per heavy atom. The van der Waals surface area contributed by atoms with Gasteiger partial charge in [-0.05, 0) is 24.3 Å². The second-order valence-electron chi connectivity index (χ2n) is 4.97. The minimum atomic E-state index is -4.68. The summed E-state index contributed by atoms with van der Waals surface area (Å²) >= 11 is 0. The molecular formula is C14H10F4O4. The molecule has 1 aromatic rings. The van der Waals surface area contributed by atoms with Crippen LogP contribution in [0.1, 0.15) is 25.0 Å². The highest BCUT2D eigenvalue weighted by Gasteiger charge is 2.39. The van der Waals surface area contributed by atoms with Crippen LogP contribution in [-0.2, 0) is 25.2 Å². The van der Waals surface area contributed by atoms with Gasteiger partial charge in [-0.25, -0.2) is 14.0 Å². The van der Waals surface area contributed by atoms with Crippen LogP contribution in [0.2, 0.25) is 0 Å². The second-order valence-corrected chi connectivity index (χ2v) is 4.97. The van der Waals surface area contributed by atoms with Gasteiger partial charge in [-0.3, -0.25) is 0 Å². The number of hydrogen-bond acceptors (Lipinski definition) is 4. The van der Waals surface area contributed by atoms with Gasteiger partial charge in [-0.2, -0.15) is 13.2 Å². The Bertz CT molecular complexity index is 652. The first-order valence-electron chi connectivity index (χ1n) is 6.05. The zero-order valence-corrected chi connectivity index (χ0v) is 11.5. The third kappa shape index (κ3) is 3.26. The first-order chi connectivity index (χ1) is 9.99. The molecule has 4 nitrogen and oxygen atoms in total. The average Bonchev–Trinajstić information content (AvgIpc) is 2.33. The molecule has 1 fully saturated rings. The predicted octanol–water partition coefficient (Wildman–Crippen LogP) is 3.06. The van der Waals surface area contributed by atoms with Gasteiger partial charge in [-0.15, -0.1) is 0 Å². The number of carbonyl (C=O) groups excluding carboxylic acids is 2. The van der Waals surface area contributed by atoms with E-state index in [2.05, 4.69) is 0 Å². The Morgan fingerprint density at radius 1 is 1.09 bits per heavy atom. The fourth-order valence-electron chi connectivity index (χ4n) is 1.76. The van der Waals surface area contributed by atoms with Gasteiger partial charge >= 0.3 is 18.1 Å². The van der Waals surface area contributed by atoms with Crippen molar-refractivity contribution in [3.05, 3.63) is 40.7 Å². The molecule has 0 radical (unpaired) electrons. The molecule has 8 heteroatoms. The van der Waals surface area contributed by atoms with Crippen molar-refractivity contribution in [3.8, 4) is 0 Å². The molecule has 1 heterocycles. The lowest BCUT2D eigenvalue weighted by molar-refractivity contribution is -0.222. The number of alkyl halides is 3. The number of hydrogen-bond donors (Lipinski definition) is 0. The number of esters is 2. The fraction of sp³-hybridized carbons (Fsp3) is 0.286. The quantitative estimate of drug-likeness (QED) is 0.346. The first-order valence-corrected chi connectivity index (χ1v) is 6.05. The number of carbonyl (C=O) groups is 2. The summed E-state index contributed by atoms with van der Waals surface area (Å²) in [6.07, 6.45) is -4.01. The molecule has 0 atom stereocenters. The highest BCUT2D eigenvalue weighted by atomic mass is 19.4. The SMILES string of the molecule is CC1(C)OC(=O)C(=Cc2cc(C(F)(F)F)ccc2F)C(=O)O1. The van der Waals surface area contributed by atoms with Crippen molar-refractivity contribution in [2.75, 3.05) is 0 Å². The molecule has 0 spiro atoms. The van der Waals surface area contributed by atoms with Gasteiger partial charge in [0.25, 0.3) is 5.79 Å². The van der Waals surface area contributed by atoms with Crippen LogP contribution in [0.5, 0.6) is 0 Å². The molecule has 0 N–H and O–H groups in total. The Hall–Kier alpha value is -2.38. The van der Waals surface area contributed by atoms with Crippen LogP contribution in [0.3, 0.4) is 0 Å². The average molecular weight is 318 g/mol. The van der Waals surface area contributed by atoms with Crippen LogP contribution in [0.25, 0.3) is 6.08 Å². The number of benzene rings is 1. The number of rotatable bonds is 1. The minimum Gasteiger partial charge on any atom is -0.419 e. The number of cyclic esters (lactones) is 2. The molecule has 0 bridgehead atoms. The van der Waals surface area contributed by atoms with E-state index in [9.17, 15) is 27.2 Å². The zero-order valence-electron chi connectivity index (χ0n) is 11.5. The van der Waals surface area contributed by atoms with Crippen molar-refractivity contribution in [1.29, 1.82) is 0 Å². The lowest BCUT2D eigenvalue weighted by atomic mass is 10.1. The smallest absolute Gasteiger partial charge is 0.416 e. The van der Waals surface area contributed by atoms with Gasteiger partial charge in [-0.1, -0.05) is 0 Å². The van der Waals surface area contributed by atoms with E-state index in [1.807, 2.05) is 0 Å². The van der Waals surface area contributed by atoms with Gasteiger partial charge in [0.05, 0.1) is 5.56 Å². The van der Waals surface area contributed by atoms with Gasteiger partial charge < -0.3 is 9.47 Å². The molecule has 2 rings (SSSR count). The third-order valence-electron chi connectivity index (χ3n) is 2.74. The Kier molecular flexibility index (Phi) is 3.72. The van der Waals surface area contributed by atoms with Crippen molar-refractivity contribution in [2.24, 2.45) is 0 Å². The summed E-state index contributed by atoms with van der Waals surface area (Å²) in [4.78, 5) is 23.4. The second kappa shape index (κ2) is 5.11. The normalized spacial score (nSPS) is 17.8. The molecule has 0 saturated carbocycles. The van der Waals surface area contributed by atoms with Gasteiger partial charge in [0.1, 0.15) is 11.4 Å². The van der Waals surface area contributed by atoms with Crippen LogP contribution in [0.15, 0.2) is 23.8 Å². The van der Waals surface area contributed by atoms with Crippen molar-refractivity contribution >= 4 is 18.0 Å². The molecule has 118 valence electrons. The monoisotopic (exact) mass is 318 g/mol. The molecule has 0 aromatic heterocycles. The van der Waals surface area contributed by atoms with Crippen LogP contribution < -0.4 is 0 Å². The van der Waals surface area contributed by atoms with E-state index in [1.54, 1.807) is 0 Å². The summed E-state index contributed by atoms with van der Waals surface area (Å²) in [6, 6.07) is 1.64. The Labute approximate surface area is 122 Å². The fourth-order valence-corrected chi connectivity index (χ4v) is 1.76. The maximum atomic E-state index is 13.6. The van der Waals surface area contributed by atoms with E-state index in [0.29, 0.717) is 24.3 Å². The highest BCUT2D eigenvalue weighted by molar-refractivity contribution is 6.18. The summed E-state index contributed by atoms with van der Waals surface area (Å²) in [5, 5.41) is 0. The van der Waals surface area contributed by atoms with E-state index in [0.717, 1.165) is 0 Å². The van der Waals surface area contributed by atoms with Crippen LogP contribution in [-0.4, -0.2) is 17.7 Å². The summed E-state index contributed by atoms with van der Waals surface area (Å²) in [5.41, 5.74) is -2.37. The standard InChI is InChI=1S/C14H10F4O4/c1-13(2)21-11(19)9(12(20)22-13)6-7-5-8(14(16,17)18)3-4-10(7)15/h3-6H,1-2H3. The summed E-state index contributed by atoms with van der Waals surface area (Å²) in [6.45, 7) is 2.62. The maximum Gasteiger partial charge on any atom is 0.416 e. The molecule has 1 aromatic carbocycles. The van der Waals surface area contributed by atoms with Gasteiger partial charge in [0, 0.05) is 19.4 Å². The summed E-state index contributed by atoms with van der Waals surface area (Å²) in [5.74, 6) is -4.71. The molecule has 1 aliphatic rings. The predicted molar refractivity (Wildman–Crippen MR) is 65.6 cm³/mol. The molecule has 1 aliphatic heterocycles. The molecule has 22 heavy (non-hydrogen) atoms. The molecule has 0 unspecified atom stereocenters. The molecule has 0 aliphatic carbocycles. The zero-order chi connectivity index (χ0) is 16.7. The lowest BCUT2D eigenvalue weighted by Crippen LogP contribution is -2.41. The van der Waals surface area contributed by atoms with E-state index < -0.39 is 46.4 Å². The third-order valence-corrected chi connectivity index (χ3v) is 2.74. The van der Waals surface area contributed by atoms with E-state index in [4.69, 9.17) is 9.47 Å². The molecular weight excluding hydrogens is 308 g/mol. The molecule has 1 saturated heterocycles. The summed E-state index contributed by atoms with van der Waals surface area (Å²) < 4.78 is 61.0. The van der Waals surface area contributed by atoms with E-state index in [-0.39, 0.29) is 0 Å². The van der Waals surface area contributed by atoms with Gasteiger partial charge in [0.15, 0.2) is 0 Å². The maximum absolute atomic E-state index is 13.6. The largest absolute Gasteiger partial charge is 0.419 e. The van der Waals surface area contributed by atoms with Crippen molar-refractivity contribution in [1.82, 2.24) is 0 Å². The van der Waals surface area contributed by atoms with Crippen LogP contribution in [0.4, 0.5) is 17.6 Å². The summed E-state index contributed by atoms with van der Waals surface area (Å²) in [7, 11) is 0. The lowest BCUT2D eigenvalue weighted by Gasteiger charge is -2.29. The molecule has 0 amide bonds. The first kappa shape index (κ1) is 16.0. The highest BCUT2D eigenvalue weighted by Crippen LogP contribution is 2.31. The van der Waals surface area contributed by atoms with Crippen molar-refractivity contribution in [2.45, 2.75) is 25.8 Å². The van der Waals surface area contributed by atoms with Crippen LogP contribution in [0, 0.1) is 5.82 Å². The minimum absolute atomic E-state index is 0.489. The van der Waals surface area contributed by atoms with Gasteiger partial charge in [0.2, 0.25) is 0 Å². The van der Waals surface area contributed by atoms with E-state index >= 15 is 0 Å².